The molecule has 4 rings (SSSR count). The standard InChI is InChI=1S/C23H23FN4O3/c24-18-1-2-21(20(15-18)27-22(29)16-3-9-25-10-4-16)28-13-7-19(8-14-28)31-23(30)17-5-11-26-12-6-17/h1-3,5-6,9,11-12,15,19H,4,7-8,10,13-14H2,(H,27,29). The summed E-state index contributed by atoms with van der Waals surface area (Å²) in [6.45, 7) is 1.82. The van der Waals surface area contributed by atoms with E-state index in [0.29, 0.717) is 55.7 Å². The molecule has 1 fully saturated rings. The molecule has 1 saturated heterocycles. The molecule has 2 aliphatic rings. The van der Waals surface area contributed by atoms with Crippen molar-refractivity contribution in [3.05, 3.63) is 65.8 Å². The Morgan fingerprint density at radius 2 is 1.90 bits per heavy atom. The molecule has 8 heteroatoms. The summed E-state index contributed by atoms with van der Waals surface area (Å²) in [5.74, 6) is -1.03. The molecule has 160 valence electrons. The van der Waals surface area contributed by atoms with Crippen LogP contribution >= 0.6 is 0 Å². The average Bonchev–Trinajstić information content (AvgIpc) is 2.81. The number of hydrogen-bond donors (Lipinski definition) is 1. The normalized spacial score (nSPS) is 16.5. The highest BCUT2D eigenvalue weighted by atomic mass is 19.1. The van der Waals surface area contributed by atoms with Gasteiger partial charge >= 0.3 is 5.97 Å². The molecule has 0 radical (unpaired) electrons. The molecule has 3 heterocycles. The first-order valence-electron chi connectivity index (χ1n) is 10.3. The number of aliphatic imine (C=N–C) groups is 1. The Bertz CT molecular complexity index is 1010. The van der Waals surface area contributed by atoms with Crippen LogP contribution in [0.25, 0.3) is 0 Å². The Balaban J connectivity index is 1.40. The molecule has 7 nitrogen and oxygen atoms in total. The van der Waals surface area contributed by atoms with Crippen LogP contribution in [0.2, 0.25) is 0 Å². The number of halogens is 1. The zero-order chi connectivity index (χ0) is 21.6. The van der Waals surface area contributed by atoms with E-state index in [9.17, 15) is 14.0 Å². The summed E-state index contributed by atoms with van der Waals surface area (Å²) < 4.78 is 19.5. The Hall–Kier alpha value is -3.55. The third-order valence-corrected chi connectivity index (χ3v) is 5.36. The van der Waals surface area contributed by atoms with Crippen LogP contribution in [0.1, 0.15) is 29.6 Å². The first kappa shape index (κ1) is 20.7. The van der Waals surface area contributed by atoms with Crippen molar-refractivity contribution in [2.24, 2.45) is 4.99 Å². The second-order valence-electron chi connectivity index (χ2n) is 7.44. The van der Waals surface area contributed by atoms with Crippen molar-refractivity contribution in [3.8, 4) is 0 Å². The Morgan fingerprint density at radius 1 is 1.13 bits per heavy atom. The fourth-order valence-electron chi connectivity index (χ4n) is 3.68. The van der Waals surface area contributed by atoms with E-state index in [2.05, 4.69) is 20.2 Å². The zero-order valence-corrected chi connectivity index (χ0v) is 17.0. The number of pyridine rings is 1. The first-order valence-corrected chi connectivity index (χ1v) is 10.3. The summed E-state index contributed by atoms with van der Waals surface area (Å²) in [5, 5.41) is 2.84. The van der Waals surface area contributed by atoms with E-state index in [1.165, 1.54) is 12.1 Å². The van der Waals surface area contributed by atoms with Crippen LogP contribution < -0.4 is 10.2 Å². The quantitative estimate of drug-likeness (QED) is 0.747. The molecular weight excluding hydrogens is 399 g/mol. The number of allylic oxidation sites excluding steroid dienone is 1. The van der Waals surface area contributed by atoms with Crippen molar-refractivity contribution in [1.29, 1.82) is 0 Å². The molecule has 2 aliphatic heterocycles. The number of piperidine rings is 1. The van der Waals surface area contributed by atoms with E-state index in [0.717, 1.165) is 5.69 Å². The molecule has 31 heavy (non-hydrogen) atoms. The molecule has 0 unspecified atom stereocenters. The van der Waals surface area contributed by atoms with Crippen LogP contribution in [0.3, 0.4) is 0 Å². The molecule has 1 aromatic heterocycles. The van der Waals surface area contributed by atoms with E-state index in [4.69, 9.17) is 4.74 Å². The topological polar surface area (TPSA) is 83.9 Å². The molecule has 1 N–H and O–H groups in total. The Morgan fingerprint density at radius 3 is 2.61 bits per heavy atom. The Labute approximate surface area is 179 Å². The van der Waals surface area contributed by atoms with Gasteiger partial charge in [-0.05, 0) is 42.8 Å². The van der Waals surface area contributed by atoms with Gasteiger partial charge in [0, 0.05) is 56.7 Å². The maximum atomic E-state index is 13.9. The van der Waals surface area contributed by atoms with Gasteiger partial charge in [-0.25, -0.2) is 9.18 Å². The van der Waals surface area contributed by atoms with E-state index >= 15 is 0 Å². The van der Waals surface area contributed by atoms with Crippen molar-refractivity contribution < 1.29 is 18.7 Å². The van der Waals surface area contributed by atoms with Gasteiger partial charge in [-0.3, -0.25) is 14.8 Å². The maximum absolute atomic E-state index is 13.9. The summed E-state index contributed by atoms with van der Waals surface area (Å²) in [4.78, 5) is 34.9. The first-order chi connectivity index (χ1) is 15.1. The van der Waals surface area contributed by atoms with Crippen molar-refractivity contribution in [2.45, 2.75) is 25.4 Å². The lowest BCUT2D eigenvalue weighted by molar-refractivity contribution is -0.113. The van der Waals surface area contributed by atoms with Crippen LogP contribution in [-0.2, 0) is 9.53 Å². The lowest BCUT2D eigenvalue weighted by Crippen LogP contribution is -2.38. The molecule has 2 aromatic rings. The van der Waals surface area contributed by atoms with Crippen molar-refractivity contribution in [3.63, 3.8) is 0 Å². The maximum Gasteiger partial charge on any atom is 0.338 e. The second-order valence-corrected chi connectivity index (χ2v) is 7.44. The zero-order valence-electron chi connectivity index (χ0n) is 17.0. The van der Waals surface area contributed by atoms with Gasteiger partial charge in [-0.15, -0.1) is 0 Å². The number of anilines is 2. The summed E-state index contributed by atoms with van der Waals surface area (Å²) in [6, 6.07) is 7.63. The molecule has 0 atom stereocenters. The van der Waals surface area contributed by atoms with Crippen LogP contribution in [0.5, 0.6) is 0 Å². The van der Waals surface area contributed by atoms with Crippen LogP contribution in [-0.4, -0.2) is 48.8 Å². The van der Waals surface area contributed by atoms with Gasteiger partial charge in [-0.2, -0.15) is 0 Å². The molecule has 0 spiro atoms. The van der Waals surface area contributed by atoms with E-state index < -0.39 is 5.82 Å². The van der Waals surface area contributed by atoms with Gasteiger partial charge in [0.05, 0.1) is 16.9 Å². The van der Waals surface area contributed by atoms with E-state index in [1.54, 1.807) is 42.9 Å². The number of nitrogens with one attached hydrogen (secondary N) is 1. The fraction of sp³-hybridized carbons (Fsp3) is 0.304. The molecule has 0 bridgehead atoms. The Kier molecular flexibility index (Phi) is 6.35. The van der Waals surface area contributed by atoms with Crippen molar-refractivity contribution in [2.75, 3.05) is 29.9 Å². The fourth-order valence-corrected chi connectivity index (χ4v) is 3.68. The van der Waals surface area contributed by atoms with Crippen LogP contribution in [0, 0.1) is 5.82 Å². The molecule has 0 saturated carbocycles. The monoisotopic (exact) mass is 422 g/mol. The molecule has 0 aliphatic carbocycles. The minimum atomic E-state index is -0.417. The number of dihydropyridines is 1. The summed E-state index contributed by atoms with van der Waals surface area (Å²) in [7, 11) is 0. The minimum absolute atomic E-state index is 0.193. The predicted octanol–water partition coefficient (Wildman–Crippen LogP) is 3.39. The predicted molar refractivity (Wildman–Crippen MR) is 116 cm³/mol. The van der Waals surface area contributed by atoms with E-state index in [1.807, 2.05) is 0 Å². The second kappa shape index (κ2) is 9.51. The van der Waals surface area contributed by atoms with Crippen LogP contribution in [0.4, 0.5) is 15.8 Å². The number of ether oxygens (including phenoxy) is 1. The van der Waals surface area contributed by atoms with Crippen molar-refractivity contribution >= 4 is 29.5 Å². The summed E-state index contributed by atoms with van der Waals surface area (Å²) in [6.07, 6.45) is 8.05. The lowest BCUT2D eigenvalue weighted by atomic mass is 10.1. The number of amides is 1. The minimum Gasteiger partial charge on any atom is -0.459 e. The van der Waals surface area contributed by atoms with Gasteiger partial charge in [0.25, 0.3) is 5.91 Å². The van der Waals surface area contributed by atoms with Crippen LogP contribution in [0.15, 0.2) is 59.4 Å². The molecule has 1 amide bonds. The van der Waals surface area contributed by atoms with Gasteiger partial charge in [0.1, 0.15) is 11.9 Å². The highest BCUT2D eigenvalue weighted by Gasteiger charge is 2.25. The lowest BCUT2D eigenvalue weighted by Gasteiger charge is -2.34. The third-order valence-electron chi connectivity index (χ3n) is 5.36. The van der Waals surface area contributed by atoms with Gasteiger partial charge in [0.15, 0.2) is 0 Å². The molecular formula is C23H23FN4O3. The van der Waals surface area contributed by atoms with Gasteiger partial charge < -0.3 is 15.0 Å². The SMILES string of the molecule is O=C(Nc1cc(F)ccc1N1CCC(OC(=O)c2ccncc2)CC1)C1=CC=NCC1. The third kappa shape index (κ3) is 5.14. The highest BCUT2D eigenvalue weighted by molar-refractivity contribution is 6.07. The highest BCUT2D eigenvalue weighted by Crippen LogP contribution is 2.30. The average molecular weight is 422 g/mol. The number of hydrogen-bond acceptors (Lipinski definition) is 6. The molecule has 1 aromatic carbocycles. The number of nitrogens with zero attached hydrogens (tertiary/aromatic N) is 3. The number of aromatic nitrogens is 1. The van der Waals surface area contributed by atoms with Gasteiger partial charge in [0.2, 0.25) is 0 Å². The number of esters is 1. The number of carbonyl (C=O) groups is 2. The smallest absolute Gasteiger partial charge is 0.338 e. The largest absolute Gasteiger partial charge is 0.459 e. The number of benzene rings is 1. The summed E-state index contributed by atoms with van der Waals surface area (Å²) in [5.41, 5.74) is 2.27. The van der Waals surface area contributed by atoms with Crippen molar-refractivity contribution in [1.82, 2.24) is 4.98 Å². The van der Waals surface area contributed by atoms with E-state index in [-0.39, 0.29) is 18.0 Å². The van der Waals surface area contributed by atoms with Gasteiger partial charge in [-0.1, -0.05) is 0 Å². The summed E-state index contributed by atoms with van der Waals surface area (Å²) >= 11 is 0. The number of rotatable bonds is 5. The number of carbonyl (C=O) groups excluding carboxylic acids is 2.